The van der Waals surface area contributed by atoms with Crippen LogP contribution in [0.4, 0.5) is 13.2 Å². The van der Waals surface area contributed by atoms with Crippen molar-refractivity contribution >= 4 is 10.0 Å². The lowest BCUT2D eigenvalue weighted by molar-refractivity contribution is -0.137. The largest absolute Gasteiger partial charge is 0.416 e. The second kappa shape index (κ2) is 6.78. The number of sulfonamides is 1. The molecular formula is C15H21F3N2O2S. The summed E-state index contributed by atoms with van der Waals surface area (Å²) in [4.78, 5) is -0.0439. The highest BCUT2D eigenvalue weighted by Crippen LogP contribution is 2.32. The molecule has 1 aromatic carbocycles. The molecule has 1 saturated heterocycles. The van der Waals surface area contributed by atoms with E-state index in [1.165, 1.54) is 11.2 Å². The van der Waals surface area contributed by atoms with Crippen LogP contribution < -0.4 is 5.32 Å². The first-order valence-corrected chi connectivity index (χ1v) is 8.93. The molecule has 1 aliphatic rings. The minimum absolute atomic E-state index is 0.0439. The molecule has 1 aliphatic heterocycles. The van der Waals surface area contributed by atoms with Crippen LogP contribution in [0.25, 0.3) is 0 Å². The van der Waals surface area contributed by atoms with E-state index < -0.39 is 21.8 Å². The van der Waals surface area contributed by atoms with Crippen molar-refractivity contribution in [3.05, 3.63) is 29.3 Å². The van der Waals surface area contributed by atoms with E-state index in [4.69, 9.17) is 0 Å². The van der Waals surface area contributed by atoms with E-state index >= 15 is 0 Å². The summed E-state index contributed by atoms with van der Waals surface area (Å²) in [7, 11) is -1.89. The lowest BCUT2D eigenvalue weighted by Gasteiger charge is -2.31. The molecule has 0 amide bonds. The van der Waals surface area contributed by atoms with E-state index in [1.807, 2.05) is 7.05 Å². The zero-order valence-electron chi connectivity index (χ0n) is 13.2. The average Bonchev–Trinajstić information content (AvgIpc) is 2.47. The number of halogens is 3. The first kappa shape index (κ1) is 18.2. The lowest BCUT2D eigenvalue weighted by atomic mass is 9.98. The molecule has 0 radical (unpaired) electrons. The van der Waals surface area contributed by atoms with Crippen molar-refractivity contribution in [2.75, 3.05) is 26.7 Å². The van der Waals surface area contributed by atoms with Gasteiger partial charge in [-0.05, 0) is 63.0 Å². The smallest absolute Gasteiger partial charge is 0.319 e. The third-order valence-corrected chi connectivity index (χ3v) is 6.25. The number of hydrogen-bond acceptors (Lipinski definition) is 3. The Bertz CT molecular complexity index is 651. The van der Waals surface area contributed by atoms with Gasteiger partial charge in [0.1, 0.15) is 0 Å². The van der Waals surface area contributed by atoms with Gasteiger partial charge in [0.2, 0.25) is 10.0 Å². The number of piperidine rings is 1. The first-order valence-electron chi connectivity index (χ1n) is 7.49. The number of benzene rings is 1. The second-order valence-corrected chi connectivity index (χ2v) is 7.79. The van der Waals surface area contributed by atoms with Crippen LogP contribution in [0.2, 0.25) is 0 Å². The molecule has 2 rings (SSSR count). The fourth-order valence-electron chi connectivity index (χ4n) is 2.90. The van der Waals surface area contributed by atoms with Gasteiger partial charge in [0.15, 0.2) is 0 Å². The highest BCUT2D eigenvalue weighted by Gasteiger charge is 2.34. The Morgan fingerprint density at radius 2 is 1.87 bits per heavy atom. The van der Waals surface area contributed by atoms with Crippen molar-refractivity contribution in [1.29, 1.82) is 0 Å². The van der Waals surface area contributed by atoms with Crippen LogP contribution in [-0.2, 0) is 16.2 Å². The van der Waals surface area contributed by atoms with Crippen molar-refractivity contribution in [1.82, 2.24) is 9.62 Å². The summed E-state index contributed by atoms with van der Waals surface area (Å²) in [5.74, 6) is 0.431. The molecule has 1 N–H and O–H groups in total. The maximum absolute atomic E-state index is 12.7. The molecule has 1 fully saturated rings. The fraction of sp³-hybridized carbons (Fsp3) is 0.600. The standard InChI is InChI=1S/C15H21F3N2O2S/c1-11-9-13(15(16,17)18)3-4-14(11)23(21,22)20-7-5-12(6-8-20)10-19-2/h3-4,9,12,19H,5-8,10H2,1-2H3. The van der Waals surface area contributed by atoms with Crippen LogP contribution >= 0.6 is 0 Å². The molecular weight excluding hydrogens is 329 g/mol. The van der Waals surface area contributed by atoms with Crippen molar-refractivity contribution < 1.29 is 21.6 Å². The summed E-state index contributed by atoms with van der Waals surface area (Å²) >= 11 is 0. The number of nitrogens with zero attached hydrogens (tertiary/aromatic N) is 1. The van der Waals surface area contributed by atoms with Gasteiger partial charge in [-0.15, -0.1) is 0 Å². The molecule has 130 valence electrons. The quantitative estimate of drug-likeness (QED) is 0.908. The summed E-state index contributed by atoms with van der Waals surface area (Å²) < 4.78 is 64.8. The van der Waals surface area contributed by atoms with Crippen LogP contribution in [-0.4, -0.2) is 39.4 Å². The van der Waals surface area contributed by atoms with Gasteiger partial charge in [-0.25, -0.2) is 8.42 Å². The minimum atomic E-state index is -4.47. The van der Waals surface area contributed by atoms with Gasteiger partial charge >= 0.3 is 6.18 Å². The van der Waals surface area contributed by atoms with E-state index in [0.29, 0.717) is 19.0 Å². The van der Waals surface area contributed by atoms with E-state index in [0.717, 1.165) is 37.6 Å². The van der Waals surface area contributed by atoms with Crippen molar-refractivity contribution in [2.24, 2.45) is 5.92 Å². The second-order valence-electron chi connectivity index (χ2n) is 5.88. The molecule has 1 aromatic rings. The lowest BCUT2D eigenvalue weighted by Crippen LogP contribution is -2.40. The van der Waals surface area contributed by atoms with Crippen molar-refractivity contribution in [2.45, 2.75) is 30.8 Å². The van der Waals surface area contributed by atoms with E-state index in [-0.39, 0.29) is 10.5 Å². The van der Waals surface area contributed by atoms with E-state index in [9.17, 15) is 21.6 Å². The molecule has 23 heavy (non-hydrogen) atoms. The molecule has 0 atom stereocenters. The summed E-state index contributed by atoms with van der Waals surface area (Å²) in [6, 6.07) is 2.78. The van der Waals surface area contributed by atoms with Gasteiger partial charge < -0.3 is 5.32 Å². The number of nitrogens with one attached hydrogen (secondary N) is 1. The van der Waals surface area contributed by atoms with Crippen molar-refractivity contribution in [3.8, 4) is 0 Å². The molecule has 4 nitrogen and oxygen atoms in total. The van der Waals surface area contributed by atoms with Crippen molar-refractivity contribution in [3.63, 3.8) is 0 Å². The van der Waals surface area contributed by atoms with Crippen LogP contribution in [0.5, 0.6) is 0 Å². The highest BCUT2D eigenvalue weighted by atomic mass is 32.2. The number of hydrogen-bond donors (Lipinski definition) is 1. The number of aryl methyl sites for hydroxylation is 1. The molecule has 0 bridgehead atoms. The van der Waals surface area contributed by atoms with Gasteiger partial charge in [-0.2, -0.15) is 17.5 Å². The first-order chi connectivity index (χ1) is 10.7. The number of alkyl halides is 3. The average molecular weight is 350 g/mol. The van der Waals surface area contributed by atoms with E-state index in [2.05, 4.69) is 5.32 Å². The summed E-state index contributed by atoms with van der Waals surface area (Å²) in [5, 5.41) is 3.08. The van der Waals surface area contributed by atoms with Crippen LogP contribution in [0, 0.1) is 12.8 Å². The fourth-order valence-corrected chi connectivity index (χ4v) is 4.57. The van der Waals surface area contributed by atoms with Crippen LogP contribution in [0.3, 0.4) is 0 Å². The minimum Gasteiger partial charge on any atom is -0.319 e. The maximum Gasteiger partial charge on any atom is 0.416 e. The molecule has 1 heterocycles. The normalized spacial score (nSPS) is 18.3. The molecule has 0 unspecified atom stereocenters. The Kier molecular flexibility index (Phi) is 5.37. The molecule has 0 saturated carbocycles. The SMILES string of the molecule is CNCC1CCN(S(=O)(=O)c2ccc(C(F)(F)F)cc2C)CC1. The van der Waals surface area contributed by atoms with Gasteiger partial charge in [-0.1, -0.05) is 0 Å². The third kappa shape index (κ3) is 4.05. The van der Waals surface area contributed by atoms with Gasteiger partial charge in [0.25, 0.3) is 0 Å². The van der Waals surface area contributed by atoms with Crippen LogP contribution in [0.15, 0.2) is 23.1 Å². The third-order valence-electron chi connectivity index (χ3n) is 4.19. The summed E-state index contributed by atoms with van der Waals surface area (Å²) in [6.45, 7) is 3.04. The predicted octanol–water partition coefficient (Wildman–Crippen LogP) is 2.63. The molecule has 8 heteroatoms. The topological polar surface area (TPSA) is 49.4 Å². The Balaban J connectivity index is 2.21. The molecule has 0 aliphatic carbocycles. The predicted molar refractivity (Wildman–Crippen MR) is 81.6 cm³/mol. The highest BCUT2D eigenvalue weighted by molar-refractivity contribution is 7.89. The van der Waals surface area contributed by atoms with Gasteiger partial charge in [0.05, 0.1) is 10.5 Å². The zero-order valence-corrected chi connectivity index (χ0v) is 14.0. The molecule has 0 aromatic heterocycles. The number of rotatable bonds is 4. The Morgan fingerprint density at radius 1 is 1.26 bits per heavy atom. The maximum atomic E-state index is 12.7. The summed E-state index contributed by atoms with van der Waals surface area (Å²) in [5.41, 5.74) is -0.709. The van der Waals surface area contributed by atoms with E-state index in [1.54, 1.807) is 0 Å². The Labute approximate surface area is 134 Å². The van der Waals surface area contributed by atoms with Crippen LogP contribution in [0.1, 0.15) is 24.0 Å². The monoisotopic (exact) mass is 350 g/mol. The Hall–Kier alpha value is -1.12. The summed E-state index contributed by atoms with van der Waals surface area (Å²) in [6.07, 6.45) is -2.97. The zero-order chi connectivity index (χ0) is 17.3. The molecule has 0 spiro atoms. The van der Waals surface area contributed by atoms with Gasteiger partial charge in [0, 0.05) is 13.1 Å². The Morgan fingerprint density at radius 3 is 2.35 bits per heavy atom. The van der Waals surface area contributed by atoms with Gasteiger partial charge in [-0.3, -0.25) is 0 Å².